The summed E-state index contributed by atoms with van der Waals surface area (Å²) in [5.41, 5.74) is 5.51. The Bertz CT molecular complexity index is 470. The molecular weight excluding hydrogens is 398 g/mol. The molecule has 5 atom stereocenters. The number of esters is 1. The molecule has 0 aromatic heterocycles. The van der Waals surface area contributed by atoms with Gasteiger partial charge >= 0.3 is 5.97 Å². The Hall–Kier alpha value is -0.730. The van der Waals surface area contributed by atoms with Crippen molar-refractivity contribution in [2.24, 2.45) is 5.73 Å². The van der Waals surface area contributed by atoms with Crippen LogP contribution in [0.2, 0.25) is 0 Å². The summed E-state index contributed by atoms with van der Waals surface area (Å²) in [5, 5.41) is 29.2. The van der Waals surface area contributed by atoms with Gasteiger partial charge in [-0.1, -0.05) is 96.8 Å². The lowest BCUT2D eigenvalue weighted by Gasteiger charge is -2.38. The van der Waals surface area contributed by atoms with Crippen molar-refractivity contribution in [1.82, 2.24) is 0 Å². The molecule has 0 aliphatic carbocycles. The molecule has 0 saturated carbocycles. The molecule has 0 aromatic carbocycles. The van der Waals surface area contributed by atoms with E-state index < -0.39 is 30.6 Å². The Kier molecular flexibility index (Phi) is 15.2. The van der Waals surface area contributed by atoms with Gasteiger partial charge in [-0.3, -0.25) is 4.79 Å². The number of ether oxygens (including phenoxy) is 2. The number of rotatable bonds is 18. The van der Waals surface area contributed by atoms with E-state index in [2.05, 4.69) is 0 Å². The fourth-order valence-corrected chi connectivity index (χ4v) is 3.92. The fourth-order valence-electron chi connectivity index (χ4n) is 3.92. The number of aliphatic hydroxyl groups excluding tert-OH is 3. The number of nitrogens with two attached hydrogens (primary N) is 1. The van der Waals surface area contributed by atoms with E-state index in [-0.39, 0.29) is 12.6 Å². The third-order valence-corrected chi connectivity index (χ3v) is 6.06. The van der Waals surface area contributed by atoms with E-state index in [0.29, 0.717) is 13.3 Å². The first-order valence-corrected chi connectivity index (χ1v) is 12.4. The second-order valence-electron chi connectivity index (χ2n) is 8.86. The average molecular weight is 447 g/mol. The smallest absolute Gasteiger partial charge is 0.305 e. The first kappa shape index (κ1) is 26.5. The molecule has 0 spiro atoms. The maximum Gasteiger partial charge on any atom is 0.305 e. The lowest BCUT2D eigenvalue weighted by molar-refractivity contribution is -0.251. The fraction of sp³-hybridized carbons (Fsp3) is 0.958. The zero-order chi connectivity index (χ0) is 23.6. The number of carbonyl (C=O) groups is 1. The van der Waals surface area contributed by atoms with Crippen molar-refractivity contribution in [2.75, 3.05) is 6.61 Å². The Balaban J connectivity index is 1.87. The lowest BCUT2D eigenvalue weighted by atomic mass is 9.98. The van der Waals surface area contributed by atoms with E-state index in [1.165, 1.54) is 70.6 Å². The van der Waals surface area contributed by atoms with E-state index >= 15 is 0 Å². The standard InChI is InChI=1S/C24H47NO6/c1-2-3-4-5-6-7-8-9-10-11-12-13-14-15-16-17-20(26)30-18-19-22(27)23(28)21(25)24(29)31-19/h19,21-24,27-29H,2-18,25H2,1H3/t19-,21-,22-,23-,24?/m1/s1/i1D. The molecule has 1 aliphatic rings. The van der Waals surface area contributed by atoms with Gasteiger partial charge in [0.05, 0.1) is 6.04 Å². The molecular formula is C24H47NO6. The van der Waals surface area contributed by atoms with Crippen molar-refractivity contribution in [3.63, 3.8) is 0 Å². The molecule has 184 valence electrons. The van der Waals surface area contributed by atoms with E-state index in [1.807, 2.05) is 0 Å². The van der Waals surface area contributed by atoms with E-state index in [9.17, 15) is 20.1 Å². The summed E-state index contributed by atoms with van der Waals surface area (Å²) >= 11 is 0. The second kappa shape index (κ2) is 17.8. The van der Waals surface area contributed by atoms with Gasteiger partial charge in [0.2, 0.25) is 0 Å². The molecule has 0 bridgehead atoms. The molecule has 31 heavy (non-hydrogen) atoms. The minimum absolute atomic E-state index is 0.215. The van der Waals surface area contributed by atoms with Crippen LogP contribution < -0.4 is 5.73 Å². The maximum atomic E-state index is 11.9. The molecule has 7 heteroatoms. The predicted molar refractivity (Wildman–Crippen MR) is 121 cm³/mol. The van der Waals surface area contributed by atoms with Gasteiger partial charge in [0.25, 0.3) is 0 Å². The Morgan fingerprint density at radius 2 is 1.32 bits per heavy atom. The van der Waals surface area contributed by atoms with Crippen LogP contribution in [0.3, 0.4) is 0 Å². The molecule has 1 rings (SSSR count). The summed E-state index contributed by atoms with van der Waals surface area (Å²) in [5.74, 6) is -0.365. The van der Waals surface area contributed by atoms with Crippen molar-refractivity contribution >= 4 is 5.97 Å². The summed E-state index contributed by atoms with van der Waals surface area (Å²) in [6.07, 6.45) is 13.5. The SMILES string of the molecule is [2H]CCCCCCCCCCCCCCCCCC(=O)OC[C@H]1OC(O)[C@H](N)[C@@H](O)[C@@H]1O. The number of unbranched alkanes of at least 4 members (excludes halogenated alkanes) is 14. The Morgan fingerprint density at radius 1 is 0.839 bits per heavy atom. The van der Waals surface area contributed by atoms with Gasteiger partial charge in [-0.25, -0.2) is 0 Å². The van der Waals surface area contributed by atoms with E-state index in [0.717, 1.165) is 25.7 Å². The van der Waals surface area contributed by atoms with Gasteiger partial charge in [0, 0.05) is 7.79 Å². The third kappa shape index (κ3) is 12.8. The highest BCUT2D eigenvalue weighted by Gasteiger charge is 2.42. The zero-order valence-corrected chi connectivity index (χ0v) is 19.3. The number of aliphatic hydroxyl groups is 3. The van der Waals surface area contributed by atoms with Crippen molar-refractivity contribution in [1.29, 1.82) is 0 Å². The van der Waals surface area contributed by atoms with Crippen molar-refractivity contribution in [2.45, 2.75) is 140 Å². The van der Waals surface area contributed by atoms with Gasteiger partial charge in [-0.15, -0.1) is 0 Å². The van der Waals surface area contributed by atoms with Crippen molar-refractivity contribution in [3.8, 4) is 0 Å². The van der Waals surface area contributed by atoms with E-state index in [4.69, 9.17) is 16.6 Å². The summed E-state index contributed by atoms with van der Waals surface area (Å²) in [6.45, 7) is 0.358. The quantitative estimate of drug-likeness (QED) is 0.187. The summed E-state index contributed by atoms with van der Waals surface area (Å²) in [6, 6.07) is -1.09. The van der Waals surface area contributed by atoms with Gasteiger partial charge < -0.3 is 30.5 Å². The second-order valence-corrected chi connectivity index (χ2v) is 8.86. The molecule has 1 saturated heterocycles. The van der Waals surface area contributed by atoms with Crippen LogP contribution in [0.1, 0.15) is 111 Å². The minimum Gasteiger partial charge on any atom is -0.463 e. The number of hydrogen-bond donors (Lipinski definition) is 4. The first-order chi connectivity index (χ1) is 15.5. The predicted octanol–water partition coefficient (Wildman–Crippen LogP) is 3.56. The molecule has 0 aromatic rings. The maximum absolute atomic E-state index is 11.9. The highest BCUT2D eigenvalue weighted by Crippen LogP contribution is 2.19. The molecule has 1 heterocycles. The Morgan fingerprint density at radius 3 is 1.84 bits per heavy atom. The molecule has 1 fully saturated rings. The summed E-state index contributed by atoms with van der Waals surface area (Å²) in [4.78, 5) is 11.9. The van der Waals surface area contributed by atoms with Crippen LogP contribution in [-0.2, 0) is 14.3 Å². The van der Waals surface area contributed by atoms with Gasteiger partial charge in [-0.05, 0) is 6.42 Å². The highest BCUT2D eigenvalue weighted by molar-refractivity contribution is 5.69. The van der Waals surface area contributed by atoms with Crippen LogP contribution in [0.25, 0.3) is 0 Å². The van der Waals surface area contributed by atoms with Crippen molar-refractivity contribution in [3.05, 3.63) is 0 Å². The molecule has 1 aliphatic heterocycles. The van der Waals surface area contributed by atoms with E-state index in [1.54, 1.807) is 0 Å². The van der Waals surface area contributed by atoms with Crippen LogP contribution in [0.5, 0.6) is 0 Å². The Labute approximate surface area is 190 Å². The van der Waals surface area contributed by atoms with Gasteiger partial charge in [0.15, 0.2) is 6.29 Å². The number of hydrogen-bond acceptors (Lipinski definition) is 7. The molecule has 0 amide bonds. The summed E-state index contributed by atoms with van der Waals surface area (Å²) in [7, 11) is 0. The van der Waals surface area contributed by atoms with Crippen LogP contribution in [0.15, 0.2) is 0 Å². The third-order valence-electron chi connectivity index (χ3n) is 6.06. The summed E-state index contributed by atoms with van der Waals surface area (Å²) < 4.78 is 17.3. The minimum atomic E-state index is -1.40. The topological polar surface area (TPSA) is 122 Å². The highest BCUT2D eigenvalue weighted by atomic mass is 16.6. The van der Waals surface area contributed by atoms with Crippen molar-refractivity contribution < 1.29 is 31.0 Å². The van der Waals surface area contributed by atoms with Crippen LogP contribution >= 0.6 is 0 Å². The zero-order valence-electron chi connectivity index (χ0n) is 20.3. The normalized spacial score (nSPS) is 26.6. The van der Waals surface area contributed by atoms with Gasteiger partial charge in [0.1, 0.15) is 24.9 Å². The first-order valence-electron chi connectivity index (χ1n) is 13.1. The van der Waals surface area contributed by atoms with Crippen LogP contribution in [-0.4, -0.2) is 58.5 Å². The molecule has 7 nitrogen and oxygen atoms in total. The molecule has 0 radical (unpaired) electrons. The lowest BCUT2D eigenvalue weighted by Crippen LogP contribution is -2.62. The van der Waals surface area contributed by atoms with Crippen LogP contribution in [0.4, 0.5) is 0 Å². The number of carbonyl (C=O) groups excluding carboxylic acids is 1. The van der Waals surface area contributed by atoms with Gasteiger partial charge in [-0.2, -0.15) is 0 Å². The average Bonchev–Trinajstić information content (AvgIpc) is 2.78. The largest absolute Gasteiger partial charge is 0.463 e. The monoisotopic (exact) mass is 446 g/mol. The molecule has 5 N–H and O–H groups in total. The van der Waals surface area contributed by atoms with Crippen LogP contribution in [0, 0.1) is 0 Å². The molecule has 1 unspecified atom stereocenters.